The van der Waals surface area contributed by atoms with Crippen molar-refractivity contribution in [3.05, 3.63) is 18.2 Å². The quantitative estimate of drug-likeness (QED) is 0.204. The maximum absolute atomic E-state index is 11.7. The molecule has 0 bridgehead atoms. The topological polar surface area (TPSA) is 86.1 Å². The number of quaternary nitrogens is 2. The van der Waals surface area contributed by atoms with Gasteiger partial charge in [-0.1, -0.05) is 0 Å². The Balaban J connectivity index is 2.61. The van der Waals surface area contributed by atoms with Crippen molar-refractivity contribution in [1.82, 2.24) is 0 Å². The van der Waals surface area contributed by atoms with Gasteiger partial charge in [-0.15, -0.1) is 0 Å². The molecule has 0 spiro atoms. The minimum Gasteiger partial charge on any atom is -0.399 e. The summed E-state index contributed by atoms with van der Waals surface area (Å²) >= 11 is 0. The van der Waals surface area contributed by atoms with Gasteiger partial charge in [0.05, 0.1) is 93.3 Å². The summed E-state index contributed by atoms with van der Waals surface area (Å²) in [6.45, 7) is 8.39. The number of likely N-dealkylation sites (N-methyl/N-ethyl adjacent to an activating group) is 2. The van der Waals surface area contributed by atoms with Crippen LogP contribution in [-0.2, 0) is 19.0 Å². The number of anilines is 3. The molecule has 1 aromatic rings. The first-order chi connectivity index (χ1) is 15.4. The summed E-state index contributed by atoms with van der Waals surface area (Å²) in [6, 6.07) is 5.55. The van der Waals surface area contributed by atoms with Gasteiger partial charge in [-0.3, -0.25) is 4.79 Å². The zero-order valence-corrected chi connectivity index (χ0v) is 21.9. The van der Waals surface area contributed by atoms with Crippen LogP contribution in [0.25, 0.3) is 0 Å². The van der Waals surface area contributed by atoms with Crippen LogP contribution < -0.4 is 16.0 Å². The maximum Gasteiger partial charge on any atom is 0.221 e. The van der Waals surface area contributed by atoms with Crippen LogP contribution in [0.4, 0.5) is 17.1 Å². The largest absolute Gasteiger partial charge is 0.399 e. The van der Waals surface area contributed by atoms with E-state index in [-0.39, 0.29) is 5.91 Å². The molecule has 0 aliphatic rings. The Bertz CT molecular complexity index is 701. The molecule has 1 rings (SSSR count). The molecule has 0 aliphatic carbocycles. The van der Waals surface area contributed by atoms with E-state index in [0.29, 0.717) is 57.5 Å². The van der Waals surface area contributed by atoms with Gasteiger partial charge in [0.15, 0.2) is 0 Å². The summed E-state index contributed by atoms with van der Waals surface area (Å²) in [5.74, 6) is -0.136. The molecule has 0 saturated heterocycles. The fraction of sp³-hybridized carbons (Fsp3) is 0.708. The number of benzene rings is 1. The Morgan fingerprint density at radius 1 is 0.848 bits per heavy atom. The fourth-order valence-corrected chi connectivity index (χ4v) is 2.92. The number of amides is 1. The van der Waals surface area contributed by atoms with Crippen molar-refractivity contribution < 1.29 is 28.0 Å². The summed E-state index contributed by atoms with van der Waals surface area (Å²) in [4.78, 5) is 13.9. The van der Waals surface area contributed by atoms with E-state index >= 15 is 0 Å². The highest BCUT2D eigenvalue weighted by molar-refractivity contribution is 5.93. The van der Waals surface area contributed by atoms with Crippen LogP contribution in [0.1, 0.15) is 6.92 Å². The van der Waals surface area contributed by atoms with Gasteiger partial charge < -0.3 is 39.1 Å². The number of nitrogens with two attached hydrogens (primary N) is 1. The summed E-state index contributed by atoms with van der Waals surface area (Å²) in [5, 5.41) is 2.89. The monoisotopic (exact) mass is 469 g/mol. The maximum atomic E-state index is 11.7. The second-order valence-corrected chi connectivity index (χ2v) is 10.3. The van der Waals surface area contributed by atoms with Crippen molar-refractivity contribution in [3.8, 4) is 0 Å². The van der Waals surface area contributed by atoms with Crippen LogP contribution in [0.3, 0.4) is 0 Å². The predicted octanol–water partition coefficient (Wildman–Crippen LogP) is 1.50. The first kappa shape index (κ1) is 29.1. The first-order valence-electron chi connectivity index (χ1n) is 11.6. The lowest BCUT2D eigenvalue weighted by atomic mass is 10.2. The molecule has 0 radical (unpaired) electrons. The highest BCUT2D eigenvalue weighted by atomic mass is 16.5. The summed E-state index contributed by atoms with van der Waals surface area (Å²) in [7, 11) is 12.9. The van der Waals surface area contributed by atoms with E-state index in [1.54, 1.807) is 6.07 Å². The van der Waals surface area contributed by atoms with Gasteiger partial charge in [0.1, 0.15) is 13.1 Å². The Morgan fingerprint density at radius 2 is 1.33 bits per heavy atom. The molecule has 33 heavy (non-hydrogen) atoms. The number of nitrogen functional groups attached to an aromatic ring is 1. The first-order valence-corrected chi connectivity index (χ1v) is 11.6. The SMILES string of the molecule is CC(=O)Nc1cc(N)ccc1N(CCOCCOCC[N+](C)(C)C)CCOCC[N+](C)(C)C. The lowest BCUT2D eigenvalue weighted by Crippen LogP contribution is -2.38. The van der Waals surface area contributed by atoms with E-state index in [4.69, 9.17) is 19.9 Å². The van der Waals surface area contributed by atoms with Gasteiger partial charge >= 0.3 is 0 Å². The van der Waals surface area contributed by atoms with Crippen LogP contribution in [0.15, 0.2) is 18.2 Å². The average Bonchev–Trinajstić information content (AvgIpc) is 2.66. The van der Waals surface area contributed by atoms with Crippen molar-refractivity contribution in [2.75, 3.05) is 124 Å². The predicted molar refractivity (Wildman–Crippen MR) is 136 cm³/mol. The Kier molecular flexibility index (Phi) is 12.7. The van der Waals surface area contributed by atoms with E-state index in [1.807, 2.05) is 12.1 Å². The lowest BCUT2D eigenvalue weighted by molar-refractivity contribution is -0.870. The molecule has 1 amide bonds. The number of carbonyl (C=O) groups is 1. The molecule has 0 aliphatic heterocycles. The molecular formula is C24H47N5O4+2. The molecule has 0 aromatic heterocycles. The molecular weight excluding hydrogens is 422 g/mol. The third kappa shape index (κ3) is 14.8. The van der Waals surface area contributed by atoms with Crippen LogP contribution >= 0.6 is 0 Å². The van der Waals surface area contributed by atoms with Crippen LogP contribution in [0.2, 0.25) is 0 Å². The van der Waals surface area contributed by atoms with Crippen LogP contribution in [0.5, 0.6) is 0 Å². The third-order valence-electron chi connectivity index (χ3n) is 4.87. The van der Waals surface area contributed by atoms with Gasteiger partial charge in [-0.05, 0) is 18.2 Å². The third-order valence-corrected chi connectivity index (χ3v) is 4.87. The molecule has 0 saturated carbocycles. The van der Waals surface area contributed by atoms with Crippen molar-refractivity contribution in [2.24, 2.45) is 0 Å². The van der Waals surface area contributed by atoms with Crippen molar-refractivity contribution in [1.29, 1.82) is 0 Å². The van der Waals surface area contributed by atoms with Gasteiger partial charge in [-0.25, -0.2) is 0 Å². The fourth-order valence-electron chi connectivity index (χ4n) is 2.92. The minimum atomic E-state index is -0.136. The highest BCUT2D eigenvalue weighted by Crippen LogP contribution is 2.28. The Labute approximate surface area is 200 Å². The summed E-state index contributed by atoms with van der Waals surface area (Å²) in [5.41, 5.74) is 8.15. The minimum absolute atomic E-state index is 0.136. The molecule has 0 heterocycles. The van der Waals surface area contributed by atoms with Gasteiger partial charge in [0.25, 0.3) is 0 Å². The number of hydrogen-bond acceptors (Lipinski definition) is 6. The number of rotatable bonds is 17. The molecule has 0 atom stereocenters. The van der Waals surface area contributed by atoms with Crippen molar-refractivity contribution >= 4 is 23.0 Å². The average molecular weight is 470 g/mol. The summed E-state index contributed by atoms with van der Waals surface area (Å²) in [6.07, 6.45) is 0. The van der Waals surface area contributed by atoms with E-state index in [1.165, 1.54) is 6.92 Å². The molecule has 9 nitrogen and oxygen atoms in total. The second-order valence-electron chi connectivity index (χ2n) is 10.3. The molecule has 0 fully saturated rings. The Hall–Kier alpha value is -1.91. The van der Waals surface area contributed by atoms with Crippen LogP contribution in [0, 0.1) is 0 Å². The van der Waals surface area contributed by atoms with E-state index < -0.39 is 0 Å². The van der Waals surface area contributed by atoms with Crippen molar-refractivity contribution in [3.63, 3.8) is 0 Å². The number of hydrogen-bond donors (Lipinski definition) is 2. The van der Waals surface area contributed by atoms with Crippen molar-refractivity contribution in [2.45, 2.75) is 6.92 Å². The van der Waals surface area contributed by atoms with Gasteiger partial charge in [0.2, 0.25) is 5.91 Å². The standard InChI is InChI=1S/C24H46N5O4/c1-21(30)26-23-20-22(25)8-9-24(23)27(10-14-31-16-12-28(2,3)4)11-15-32-18-19-33-17-13-29(5,6)7/h8-9,20H,10-19,25H2,1-7H3/q+1/p+1. The lowest BCUT2D eigenvalue weighted by Gasteiger charge is -2.28. The smallest absolute Gasteiger partial charge is 0.221 e. The number of carbonyl (C=O) groups excluding carboxylic acids is 1. The number of nitrogens with zero attached hydrogens (tertiary/aromatic N) is 3. The van der Waals surface area contributed by atoms with E-state index in [0.717, 1.165) is 34.3 Å². The summed E-state index contributed by atoms with van der Waals surface area (Å²) < 4.78 is 19.1. The molecule has 0 unspecified atom stereocenters. The molecule has 3 N–H and O–H groups in total. The van der Waals surface area contributed by atoms with E-state index in [2.05, 4.69) is 52.5 Å². The normalized spacial score (nSPS) is 12.1. The second kappa shape index (κ2) is 14.4. The van der Waals surface area contributed by atoms with Gasteiger partial charge in [0, 0.05) is 25.7 Å². The number of ether oxygens (including phenoxy) is 3. The zero-order chi connectivity index (χ0) is 24.9. The van der Waals surface area contributed by atoms with Gasteiger partial charge in [-0.2, -0.15) is 0 Å². The zero-order valence-electron chi connectivity index (χ0n) is 21.9. The number of nitrogens with one attached hydrogen (secondary N) is 1. The van der Waals surface area contributed by atoms with Crippen LogP contribution in [-0.4, -0.2) is 123 Å². The van der Waals surface area contributed by atoms with E-state index in [9.17, 15) is 4.79 Å². The molecule has 1 aromatic carbocycles. The highest BCUT2D eigenvalue weighted by Gasteiger charge is 2.14. The molecule has 9 heteroatoms. The molecule has 190 valence electrons. The Morgan fingerprint density at radius 3 is 1.82 bits per heavy atom.